The maximum Gasteiger partial charge on any atom is 0.251 e. The number of aromatic hydroxyl groups is 1. The molecule has 3 rings (SSSR count). The van der Waals surface area contributed by atoms with Gasteiger partial charge in [-0.05, 0) is 73.0 Å². The Hall–Kier alpha value is -1.51. The van der Waals surface area contributed by atoms with Crippen molar-refractivity contribution in [2.24, 2.45) is 29.1 Å². The lowest BCUT2D eigenvalue weighted by atomic mass is 9.60. The van der Waals surface area contributed by atoms with E-state index in [9.17, 15) is 9.90 Å². The largest absolute Gasteiger partial charge is 0.508 e. The van der Waals surface area contributed by atoms with E-state index in [0.29, 0.717) is 16.9 Å². The molecule has 2 fully saturated rings. The van der Waals surface area contributed by atoms with Crippen LogP contribution in [-0.2, 0) is 0 Å². The molecule has 2 aliphatic carbocycles. The zero-order valence-electron chi connectivity index (χ0n) is 18.2. The number of rotatable bonds is 7. The van der Waals surface area contributed by atoms with Crippen molar-refractivity contribution >= 4 is 5.91 Å². The van der Waals surface area contributed by atoms with Crippen LogP contribution in [0.25, 0.3) is 0 Å². The van der Waals surface area contributed by atoms with Crippen LogP contribution in [0.3, 0.4) is 0 Å². The first-order valence-corrected chi connectivity index (χ1v) is 11.4. The van der Waals surface area contributed by atoms with Crippen molar-refractivity contribution in [3.63, 3.8) is 0 Å². The average molecular weight is 386 g/mol. The predicted octanol–water partition coefficient (Wildman–Crippen LogP) is 6.17. The number of phenolic OH excluding ortho intramolecular Hbond substituents is 1. The van der Waals surface area contributed by atoms with E-state index >= 15 is 0 Å². The van der Waals surface area contributed by atoms with Gasteiger partial charge in [0.25, 0.3) is 5.91 Å². The molecule has 0 saturated heterocycles. The quantitative estimate of drug-likeness (QED) is 0.589. The molecule has 1 aromatic rings. The molecule has 2 saturated carbocycles. The van der Waals surface area contributed by atoms with Crippen LogP contribution in [0.5, 0.6) is 5.75 Å². The van der Waals surface area contributed by atoms with Gasteiger partial charge in [0.1, 0.15) is 5.75 Å². The molecular weight excluding hydrogens is 346 g/mol. The highest BCUT2D eigenvalue weighted by atomic mass is 16.3. The number of hydrogen-bond donors (Lipinski definition) is 2. The minimum Gasteiger partial charge on any atom is -0.508 e. The first-order valence-electron chi connectivity index (χ1n) is 11.4. The van der Waals surface area contributed by atoms with E-state index in [0.717, 1.165) is 24.2 Å². The number of carbonyl (C=O) groups is 1. The Kier molecular flexibility index (Phi) is 6.73. The van der Waals surface area contributed by atoms with E-state index in [1.54, 1.807) is 24.3 Å². The van der Waals surface area contributed by atoms with Crippen molar-refractivity contribution in [1.29, 1.82) is 0 Å². The summed E-state index contributed by atoms with van der Waals surface area (Å²) in [4.78, 5) is 12.8. The first kappa shape index (κ1) is 21.2. The Morgan fingerprint density at radius 1 is 1.21 bits per heavy atom. The Balaban J connectivity index is 1.65. The van der Waals surface area contributed by atoms with Gasteiger partial charge < -0.3 is 10.4 Å². The lowest BCUT2D eigenvalue weighted by Crippen LogP contribution is -2.49. The van der Waals surface area contributed by atoms with Crippen LogP contribution in [0.2, 0.25) is 0 Å². The van der Waals surface area contributed by atoms with Crippen molar-refractivity contribution in [2.75, 3.05) is 0 Å². The zero-order chi connectivity index (χ0) is 20.3. The molecule has 2 aliphatic rings. The van der Waals surface area contributed by atoms with Crippen molar-refractivity contribution in [3.05, 3.63) is 29.8 Å². The van der Waals surface area contributed by atoms with Crippen LogP contribution in [0.4, 0.5) is 0 Å². The molecule has 0 heterocycles. The van der Waals surface area contributed by atoms with Crippen molar-refractivity contribution < 1.29 is 9.90 Å². The highest BCUT2D eigenvalue weighted by Crippen LogP contribution is 2.58. The number of benzene rings is 1. The van der Waals surface area contributed by atoms with E-state index in [1.165, 1.54) is 44.9 Å². The highest BCUT2D eigenvalue weighted by molar-refractivity contribution is 5.94. The predicted molar refractivity (Wildman–Crippen MR) is 115 cm³/mol. The van der Waals surface area contributed by atoms with E-state index in [4.69, 9.17) is 0 Å². The second-order valence-corrected chi connectivity index (χ2v) is 10.1. The van der Waals surface area contributed by atoms with Gasteiger partial charge in [-0.3, -0.25) is 4.79 Å². The van der Waals surface area contributed by atoms with Crippen molar-refractivity contribution in [1.82, 2.24) is 5.32 Å². The zero-order valence-corrected chi connectivity index (χ0v) is 18.2. The number of nitrogens with one attached hydrogen (secondary N) is 1. The third-order valence-corrected chi connectivity index (χ3v) is 7.75. The lowest BCUT2D eigenvalue weighted by molar-refractivity contribution is 0.0414. The maximum atomic E-state index is 12.8. The SMILES string of the molecule is CC(C)CCC[C@@H](C)[C@H]1CC[C@H]2[C@@H](NC(=O)c3cccc(O)c3)CCC[C@]12C. The van der Waals surface area contributed by atoms with Gasteiger partial charge >= 0.3 is 0 Å². The Bertz CT molecular complexity index is 670. The van der Waals surface area contributed by atoms with Crippen LogP contribution in [0.15, 0.2) is 24.3 Å². The van der Waals surface area contributed by atoms with Gasteiger partial charge in [0.05, 0.1) is 0 Å². The monoisotopic (exact) mass is 385 g/mol. The van der Waals surface area contributed by atoms with Gasteiger partial charge in [-0.15, -0.1) is 0 Å². The van der Waals surface area contributed by atoms with Gasteiger partial charge in [-0.1, -0.05) is 59.4 Å². The van der Waals surface area contributed by atoms with Crippen LogP contribution >= 0.6 is 0 Å². The second kappa shape index (κ2) is 8.88. The molecule has 0 aromatic heterocycles. The molecule has 2 N–H and O–H groups in total. The molecule has 0 unspecified atom stereocenters. The molecule has 0 radical (unpaired) electrons. The highest BCUT2D eigenvalue weighted by Gasteiger charge is 2.52. The van der Waals surface area contributed by atoms with Crippen LogP contribution < -0.4 is 5.32 Å². The third kappa shape index (κ3) is 4.55. The summed E-state index contributed by atoms with van der Waals surface area (Å²) in [6.07, 6.45) is 10.1. The van der Waals surface area contributed by atoms with Gasteiger partial charge in [-0.25, -0.2) is 0 Å². The molecule has 0 aliphatic heterocycles. The van der Waals surface area contributed by atoms with Crippen molar-refractivity contribution in [3.8, 4) is 5.75 Å². The normalized spacial score (nSPS) is 30.8. The van der Waals surface area contributed by atoms with E-state index in [-0.39, 0.29) is 17.7 Å². The molecule has 156 valence electrons. The molecule has 1 amide bonds. The summed E-state index contributed by atoms with van der Waals surface area (Å²) in [7, 11) is 0. The van der Waals surface area contributed by atoms with Crippen molar-refractivity contribution in [2.45, 2.75) is 85.1 Å². The number of carbonyl (C=O) groups excluding carboxylic acids is 1. The fourth-order valence-corrected chi connectivity index (χ4v) is 6.28. The number of fused-ring (bicyclic) bond motifs is 1. The molecule has 28 heavy (non-hydrogen) atoms. The minimum absolute atomic E-state index is 0.0430. The van der Waals surface area contributed by atoms with Gasteiger partial charge in [0.2, 0.25) is 0 Å². The summed E-state index contributed by atoms with van der Waals surface area (Å²) in [6, 6.07) is 6.95. The molecule has 5 atom stereocenters. The molecule has 0 spiro atoms. The number of hydrogen-bond acceptors (Lipinski definition) is 2. The van der Waals surface area contributed by atoms with Gasteiger partial charge in [0.15, 0.2) is 0 Å². The minimum atomic E-state index is -0.0430. The molecule has 0 bridgehead atoms. The van der Waals surface area contributed by atoms with Crippen LogP contribution in [0.1, 0.15) is 89.4 Å². The summed E-state index contributed by atoms with van der Waals surface area (Å²) < 4.78 is 0. The standard InChI is InChI=1S/C25H39NO2/c1-17(2)8-5-9-18(3)21-13-14-22-23(12-7-15-25(21,22)4)26-24(28)19-10-6-11-20(27)16-19/h6,10-11,16-18,21-23,27H,5,7-9,12-15H2,1-4H3,(H,26,28)/t18-,21-,22+,23+,25-/m1/s1. The molecular formula is C25H39NO2. The fourth-order valence-electron chi connectivity index (χ4n) is 6.28. The average Bonchev–Trinajstić information content (AvgIpc) is 2.99. The van der Waals surface area contributed by atoms with E-state index in [1.807, 2.05) is 0 Å². The maximum absolute atomic E-state index is 12.8. The third-order valence-electron chi connectivity index (χ3n) is 7.75. The van der Waals surface area contributed by atoms with Crippen LogP contribution in [-0.4, -0.2) is 17.1 Å². The first-order chi connectivity index (χ1) is 13.3. The van der Waals surface area contributed by atoms with E-state index in [2.05, 4.69) is 33.0 Å². The Labute approximate surface area is 171 Å². The Morgan fingerprint density at radius 2 is 2.00 bits per heavy atom. The smallest absolute Gasteiger partial charge is 0.251 e. The van der Waals surface area contributed by atoms with Gasteiger partial charge in [0, 0.05) is 11.6 Å². The second-order valence-electron chi connectivity index (χ2n) is 10.1. The summed E-state index contributed by atoms with van der Waals surface area (Å²) in [5.74, 6) is 3.04. The summed E-state index contributed by atoms with van der Waals surface area (Å²) in [6.45, 7) is 9.60. The molecule has 3 heteroatoms. The number of phenols is 1. The summed E-state index contributed by atoms with van der Waals surface area (Å²) >= 11 is 0. The fraction of sp³-hybridized carbons (Fsp3) is 0.720. The lowest BCUT2D eigenvalue weighted by Gasteiger charge is -2.47. The summed E-state index contributed by atoms with van der Waals surface area (Å²) in [5, 5.41) is 13.0. The Morgan fingerprint density at radius 3 is 2.71 bits per heavy atom. The van der Waals surface area contributed by atoms with Gasteiger partial charge in [-0.2, -0.15) is 0 Å². The molecule has 1 aromatic carbocycles. The van der Waals surface area contributed by atoms with Crippen LogP contribution in [0, 0.1) is 29.1 Å². The molecule has 3 nitrogen and oxygen atoms in total. The summed E-state index contributed by atoms with van der Waals surface area (Å²) in [5.41, 5.74) is 0.913. The topological polar surface area (TPSA) is 49.3 Å². The number of amides is 1. The van der Waals surface area contributed by atoms with E-state index < -0.39 is 0 Å².